The lowest BCUT2D eigenvalue weighted by molar-refractivity contribution is 0.171. The van der Waals surface area contributed by atoms with Gasteiger partial charge in [0.2, 0.25) is 11.8 Å². The topological polar surface area (TPSA) is 65.1 Å². The third kappa shape index (κ3) is 6.17. The van der Waals surface area contributed by atoms with Crippen molar-refractivity contribution in [2.45, 2.75) is 20.1 Å². The predicted molar refractivity (Wildman–Crippen MR) is 138 cm³/mol. The summed E-state index contributed by atoms with van der Waals surface area (Å²) in [6, 6.07) is 14.0. The van der Waals surface area contributed by atoms with E-state index in [1.807, 2.05) is 44.4 Å². The number of likely N-dealkylation sites (N-methyl/N-ethyl adjacent to an activating group) is 1. The number of rotatable bonds is 10. The van der Waals surface area contributed by atoms with Crippen LogP contribution in [0, 0.1) is 6.92 Å². The maximum atomic E-state index is 6.52. The molecule has 0 saturated heterocycles. The molecule has 3 aromatic rings. The molecule has 8 heteroatoms. The van der Waals surface area contributed by atoms with Crippen molar-refractivity contribution >= 4 is 11.6 Å². The van der Waals surface area contributed by atoms with Crippen LogP contribution in [-0.2, 0) is 13.2 Å². The molecular formula is C27H32ClN3O4. The minimum atomic E-state index is 0.334. The number of benzene rings is 2. The van der Waals surface area contributed by atoms with E-state index in [0.717, 1.165) is 52.4 Å². The van der Waals surface area contributed by atoms with E-state index < -0.39 is 0 Å². The monoisotopic (exact) mass is 497 g/mol. The van der Waals surface area contributed by atoms with Gasteiger partial charge < -0.3 is 29.2 Å². The zero-order valence-electron chi connectivity index (χ0n) is 20.7. The summed E-state index contributed by atoms with van der Waals surface area (Å²) < 4.78 is 22.9. The fourth-order valence-corrected chi connectivity index (χ4v) is 4.16. The number of fused-ring (bicyclic) bond motifs is 1. The van der Waals surface area contributed by atoms with Gasteiger partial charge in [-0.1, -0.05) is 35.9 Å². The van der Waals surface area contributed by atoms with Crippen LogP contribution in [0.2, 0.25) is 5.02 Å². The number of methoxy groups -OCH3 is 1. The summed E-state index contributed by atoms with van der Waals surface area (Å²) in [7, 11) is 5.69. The third-order valence-corrected chi connectivity index (χ3v) is 6.16. The predicted octanol–water partition coefficient (Wildman–Crippen LogP) is 4.72. The number of ether oxygens (including phenoxy) is 4. The van der Waals surface area contributed by atoms with Gasteiger partial charge in [0.15, 0.2) is 11.5 Å². The average molecular weight is 498 g/mol. The number of pyridine rings is 1. The summed E-state index contributed by atoms with van der Waals surface area (Å²) in [5.74, 6) is 2.41. The molecule has 0 fully saturated rings. The number of hydrogen-bond donors (Lipinski definition) is 1. The lowest BCUT2D eigenvalue weighted by Crippen LogP contribution is -2.26. The molecule has 4 rings (SSSR count). The molecule has 1 aliphatic heterocycles. The van der Waals surface area contributed by atoms with Gasteiger partial charge in [-0.25, -0.2) is 0 Å². The van der Waals surface area contributed by atoms with Crippen LogP contribution in [0.1, 0.15) is 16.7 Å². The zero-order chi connectivity index (χ0) is 24.8. The van der Waals surface area contributed by atoms with Crippen molar-refractivity contribution in [2.75, 3.05) is 47.5 Å². The second kappa shape index (κ2) is 11.6. The lowest BCUT2D eigenvalue weighted by atomic mass is 9.96. The summed E-state index contributed by atoms with van der Waals surface area (Å²) in [5, 5.41) is 3.84. The number of halogens is 1. The van der Waals surface area contributed by atoms with Crippen LogP contribution in [0.3, 0.4) is 0 Å². The van der Waals surface area contributed by atoms with Crippen LogP contribution < -0.4 is 24.3 Å². The average Bonchev–Trinajstić information content (AvgIpc) is 2.86. The highest BCUT2D eigenvalue weighted by atomic mass is 35.5. The molecule has 186 valence electrons. The molecule has 1 N–H and O–H groups in total. The Labute approximate surface area is 211 Å². The van der Waals surface area contributed by atoms with Crippen LogP contribution in [0.25, 0.3) is 11.1 Å². The normalized spacial score (nSPS) is 12.6. The quantitative estimate of drug-likeness (QED) is 0.406. The first-order valence-corrected chi connectivity index (χ1v) is 12.0. The fourth-order valence-electron chi connectivity index (χ4n) is 3.93. The first-order chi connectivity index (χ1) is 17.0. The number of nitrogens with one attached hydrogen (secondary N) is 1. The van der Waals surface area contributed by atoms with E-state index in [0.29, 0.717) is 43.1 Å². The molecule has 7 nitrogen and oxygen atoms in total. The molecule has 0 amide bonds. The summed E-state index contributed by atoms with van der Waals surface area (Å²) in [6.07, 6.45) is 0. The molecule has 0 aliphatic carbocycles. The van der Waals surface area contributed by atoms with Gasteiger partial charge >= 0.3 is 0 Å². The van der Waals surface area contributed by atoms with Gasteiger partial charge in [-0.15, -0.1) is 0 Å². The van der Waals surface area contributed by atoms with E-state index in [9.17, 15) is 0 Å². The fraction of sp³-hybridized carbons (Fsp3) is 0.370. The summed E-state index contributed by atoms with van der Waals surface area (Å²) in [4.78, 5) is 6.64. The lowest BCUT2D eigenvalue weighted by Gasteiger charge is -2.20. The number of nitrogens with zero attached hydrogens (tertiary/aromatic N) is 2. The van der Waals surface area contributed by atoms with Gasteiger partial charge in [-0.05, 0) is 61.5 Å². The van der Waals surface area contributed by atoms with Gasteiger partial charge in [0.05, 0.1) is 7.11 Å². The molecule has 0 radical (unpaired) electrons. The van der Waals surface area contributed by atoms with Crippen molar-refractivity contribution < 1.29 is 18.9 Å². The maximum absolute atomic E-state index is 6.52. The molecular weight excluding hydrogens is 466 g/mol. The molecule has 1 aromatic heterocycles. The van der Waals surface area contributed by atoms with E-state index >= 15 is 0 Å². The number of aromatic nitrogens is 1. The Bertz CT molecular complexity index is 1170. The molecule has 0 saturated carbocycles. The summed E-state index contributed by atoms with van der Waals surface area (Å²) in [5.41, 5.74) is 5.23. The van der Waals surface area contributed by atoms with Crippen molar-refractivity contribution in [3.63, 3.8) is 0 Å². The SMILES string of the molecule is COc1nc(OCc2cccc(-c3ccc4c(c3)OCCO4)c2C)c(Cl)cc1CNCCN(C)C. The van der Waals surface area contributed by atoms with Crippen LogP contribution in [0.5, 0.6) is 23.3 Å². The zero-order valence-corrected chi connectivity index (χ0v) is 21.4. The standard InChI is InChI=1S/C27H32ClN3O4/c1-18-20(6-5-7-22(18)19-8-9-24-25(15-19)34-13-12-33-24)17-35-27-23(28)14-21(26(30-27)32-4)16-29-10-11-31(2)3/h5-9,14-15,29H,10-13,16-17H2,1-4H3. The van der Waals surface area contributed by atoms with Crippen molar-refractivity contribution in [2.24, 2.45) is 0 Å². The van der Waals surface area contributed by atoms with Gasteiger partial charge in [0.1, 0.15) is 24.8 Å². The van der Waals surface area contributed by atoms with Crippen molar-refractivity contribution in [1.82, 2.24) is 15.2 Å². The Morgan fingerprint density at radius 2 is 1.83 bits per heavy atom. The third-order valence-electron chi connectivity index (χ3n) is 5.89. The van der Waals surface area contributed by atoms with Crippen LogP contribution in [0.15, 0.2) is 42.5 Å². The van der Waals surface area contributed by atoms with Gasteiger partial charge in [-0.3, -0.25) is 0 Å². The van der Waals surface area contributed by atoms with E-state index in [2.05, 4.69) is 34.3 Å². The smallest absolute Gasteiger partial charge is 0.236 e. The van der Waals surface area contributed by atoms with E-state index in [1.165, 1.54) is 0 Å². The van der Waals surface area contributed by atoms with Crippen molar-refractivity contribution in [3.05, 3.63) is 64.2 Å². The number of hydrogen-bond acceptors (Lipinski definition) is 7. The summed E-state index contributed by atoms with van der Waals surface area (Å²) in [6.45, 7) is 5.96. The molecule has 35 heavy (non-hydrogen) atoms. The Hall–Kier alpha value is -3.00. The van der Waals surface area contributed by atoms with Crippen molar-refractivity contribution in [3.8, 4) is 34.4 Å². The Morgan fingerprint density at radius 3 is 2.60 bits per heavy atom. The minimum absolute atomic E-state index is 0.334. The minimum Gasteiger partial charge on any atom is -0.486 e. The molecule has 2 heterocycles. The Balaban J connectivity index is 1.48. The molecule has 1 aliphatic rings. The largest absolute Gasteiger partial charge is 0.486 e. The van der Waals surface area contributed by atoms with Crippen molar-refractivity contribution in [1.29, 1.82) is 0 Å². The first-order valence-electron chi connectivity index (χ1n) is 11.7. The second-order valence-electron chi connectivity index (χ2n) is 8.66. The van der Waals surface area contributed by atoms with Gasteiger partial charge in [0.25, 0.3) is 0 Å². The highest BCUT2D eigenvalue weighted by molar-refractivity contribution is 6.31. The van der Waals surface area contributed by atoms with E-state index in [-0.39, 0.29) is 0 Å². The highest BCUT2D eigenvalue weighted by Crippen LogP contribution is 2.36. The molecule has 0 bridgehead atoms. The Kier molecular flexibility index (Phi) is 8.33. The second-order valence-corrected chi connectivity index (χ2v) is 9.07. The van der Waals surface area contributed by atoms with Crippen LogP contribution in [0.4, 0.5) is 0 Å². The van der Waals surface area contributed by atoms with E-state index in [4.69, 9.17) is 30.5 Å². The Morgan fingerprint density at radius 1 is 1.03 bits per heavy atom. The molecule has 2 aromatic carbocycles. The first kappa shape index (κ1) is 25.1. The molecule has 0 atom stereocenters. The van der Waals surface area contributed by atoms with Gasteiger partial charge in [-0.2, -0.15) is 4.98 Å². The van der Waals surface area contributed by atoms with Crippen LogP contribution >= 0.6 is 11.6 Å². The van der Waals surface area contributed by atoms with E-state index in [1.54, 1.807) is 7.11 Å². The molecule has 0 spiro atoms. The summed E-state index contributed by atoms with van der Waals surface area (Å²) >= 11 is 6.52. The highest BCUT2D eigenvalue weighted by Gasteiger charge is 2.16. The van der Waals surface area contributed by atoms with Crippen LogP contribution in [-0.4, -0.2) is 57.4 Å². The maximum Gasteiger partial charge on any atom is 0.236 e. The van der Waals surface area contributed by atoms with Gasteiger partial charge in [0, 0.05) is 25.2 Å². The molecule has 0 unspecified atom stereocenters.